The maximum absolute atomic E-state index is 14.2. The minimum Gasteiger partial charge on any atom is -0.362 e. The van der Waals surface area contributed by atoms with Gasteiger partial charge in [-0.15, -0.1) is 0 Å². The average Bonchev–Trinajstić information content (AvgIpc) is 2.40. The van der Waals surface area contributed by atoms with Crippen molar-refractivity contribution in [2.45, 2.75) is 45.2 Å². The van der Waals surface area contributed by atoms with Gasteiger partial charge in [0.1, 0.15) is 5.82 Å². The predicted octanol–water partition coefficient (Wildman–Crippen LogP) is 4.08. The topological polar surface area (TPSA) is 15.3 Å². The van der Waals surface area contributed by atoms with Crippen molar-refractivity contribution >= 4 is 21.6 Å². The van der Waals surface area contributed by atoms with E-state index in [9.17, 15) is 8.78 Å². The first-order valence-electron chi connectivity index (χ1n) is 7.08. The highest BCUT2D eigenvalue weighted by Gasteiger charge is 2.36. The lowest BCUT2D eigenvalue weighted by Crippen LogP contribution is -2.63. The largest absolute Gasteiger partial charge is 0.362 e. The Bertz CT molecular complexity index is 466. The number of hydrogen-bond acceptors (Lipinski definition) is 2. The van der Waals surface area contributed by atoms with Gasteiger partial charge in [-0.1, -0.05) is 13.8 Å². The van der Waals surface area contributed by atoms with Gasteiger partial charge < -0.3 is 10.2 Å². The molecular weight excluding hydrogens is 326 g/mol. The molecule has 1 unspecified atom stereocenters. The zero-order chi connectivity index (χ0) is 14.9. The van der Waals surface area contributed by atoms with E-state index in [4.69, 9.17) is 0 Å². The van der Waals surface area contributed by atoms with E-state index in [1.165, 1.54) is 6.07 Å². The van der Waals surface area contributed by atoms with Crippen LogP contribution in [0.4, 0.5) is 14.5 Å². The van der Waals surface area contributed by atoms with Crippen molar-refractivity contribution in [1.82, 2.24) is 5.32 Å². The normalized spacial score (nSPS) is 22.1. The molecule has 2 rings (SSSR count). The Morgan fingerprint density at radius 1 is 1.35 bits per heavy atom. The number of anilines is 1. The summed E-state index contributed by atoms with van der Waals surface area (Å²) in [4.78, 5) is 2.04. The van der Waals surface area contributed by atoms with Crippen LogP contribution in [0.5, 0.6) is 0 Å². The van der Waals surface area contributed by atoms with Gasteiger partial charge in [0.05, 0.1) is 5.69 Å². The lowest BCUT2D eigenvalue weighted by Gasteiger charge is -2.48. The van der Waals surface area contributed by atoms with E-state index in [1.54, 1.807) is 0 Å². The molecule has 1 saturated heterocycles. The van der Waals surface area contributed by atoms with Gasteiger partial charge in [0.2, 0.25) is 0 Å². The molecule has 1 N–H and O–H groups in total. The molecule has 0 spiro atoms. The summed E-state index contributed by atoms with van der Waals surface area (Å²) in [5.41, 5.74) is 0.457. The number of nitrogens with one attached hydrogen (secondary N) is 1. The van der Waals surface area contributed by atoms with Gasteiger partial charge in [0.15, 0.2) is 5.82 Å². The van der Waals surface area contributed by atoms with Crippen LogP contribution in [0.25, 0.3) is 0 Å². The first-order valence-corrected chi connectivity index (χ1v) is 7.88. The van der Waals surface area contributed by atoms with E-state index < -0.39 is 11.6 Å². The van der Waals surface area contributed by atoms with Crippen molar-refractivity contribution < 1.29 is 8.78 Å². The van der Waals surface area contributed by atoms with Crippen molar-refractivity contribution in [3.8, 4) is 0 Å². The van der Waals surface area contributed by atoms with Crippen molar-refractivity contribution in [2.24, 2.45) is 0 Å². The van der Waals surface area contributed by atoms with Gasteiger partial charge >= 0.3 is 0 Å². The van der Waals surface area contributed by atoms with Crippen molar-refractivity contribution in [3.63, 3.8) is 0 Å². The van der Waals surface area contributed by atoms with Gasteiger partial charge in [-0.3, -0.25) is 0 Å². The molecule has 1 aliphatic heterocycles. The molecule has 1 heterocycles. The number of hydrogen-bond donors (Lipinski definition) is 1. The fourth-order valence-corrected chi connectivity index (χ4v) is 3.48. The number of nitrogens with zero attached hydrogens (tertiary/aromatic N) is 1. The van der Waals surface area contributed by atoms with E-state index in [0.29, 0.717) is 10.2 Å². The number of piperazine rings is 1. The fraction of sp³-hybridized carbons (Fsp3) is 0.600. The quantitative estimate of drug-likeness (QED) is 0.886. The molecule has 112 valence electrons. The molecule has 1 atom stereocenters. The summed E-state index contributed by atoms with van der Waals surface area (Å²) >= 11 is 3.30. The van der Waals surface area contributed by atoms with Crippen LogP contribution in [0.3, 0.4) is 0 Å². The summed E-state index contributed by atoms with van der Waals surface area (Å²) < 4.78 is 27.9. The van der Waals surface area contributed by atoms with Crippen molar-refractivity contribution in [3.05, 3.63) is 28.2 Å². The molecule has 0 amide bonds. The van der Waals surface area contributed by atoms with Crippen LogP contribution in [0, 0.1) is 11.6 Å². The van der Waals surface area contributed by atoms with Gasteiger partial charge in [0.25, 0.3) is 0 Å². The molecule has 0 aromatic heterocycles. The molecule has 0 saturated carbocycles. The Balaban J connectivity index is 2.40. The Labute approximate surface area is 127 Å². The van der Waals surface area contributed by atoms with Crippen LogP contribution in [0.1, 0.15) is 33.6 Å². The van der Waals surface area contributed by atoms with Crippen LogP contribution in [0.2, 0.25) is 0 Å². The van der Waals surface area contributed by atoms with Gasteiger partial charge in [-0.2, -0.15) is 0 Å². The molecule has 0 radical (unpaired) electrons. The van der Waals surface area contributed by atoms with E-state index in [-0.39, 0.29) is 11.6 Å². The van der Waals surface area contributed by atoms with Gasteiger partial charge in [-0.25, -0.2) is 8.78 Å². The van der Waals surface area contributed by atoms with Crippen molar-refractivity contribution in [1.29, 1.82) is 0 Å². The molecule has 0 bridgehead atoms. The average molecular weight is 347 g/mol. The SMILES string of the molecule is CCC1(CC)CN(c2c(F)cc(F)cc2Br)C(C)CN1. The molecule has 1 fully saturated rings. The number of halogens is 3. The number of benzene rings is 1. The lowest BCUT2D eigenvalue weighted by molar-refractivity contribution is 0.252. The summed E-state index contributed by atoms with van der Waals surface area (Å²) in [6.45, 7) is 7.85. The third kappa shape index (κ3) is 2.84. The maximum atomic E-state index is 14.2. The third-order valence-corrected chi connectivity index (χ3v) is 5.00. The van der Waals surface area contributed by atoms with E-state index in [0.717, 1.165) is 32.0 Å². The highest BCUT2D eigenvalue weighted by atomic mass is 79.9. The minimum atomic E-state index is -0.557. The first kappa shape index (κ1) is 15.7. The highest BCUT2D eigenvalue weighted by molar-refractivity contribution is 9.10. The predicted molar refractivity (Wildman–Crippen MR) is 82.2 cm³/mol. The standard InChI is InChI=1S/C15H21BrF2N2/c1-4-15(5-2)9-20(10(3)8-19-15)14-12(16)6-11(17)7-13(14)18/h6-7,10,19H,4-5,8-9H2,1-3H3. The summed E-state index contributed by atoms with van der Waals surface area (Å²) in [5, 5.41) is 3.58. The Hall–Kier alpha value is -0.680. The molecule has 1 aliphatic rings. The zero-order valence-electron chi connectivity index (χ0n) is 12.1. The van der Waals surface area contributed by atoms with Crippen LogP contribution in [-0.2, 0) is 0 Å². The van der Waals surface area contributed by atoms with E-state index in [2.05, 4.69) is 42.0 Å². The van der Waals surface area contributed by atoms with E-state index in [1.807, 2.05) is 4.90 Å². The third-order valence-electron chi connectivity index (χ3n) is 4.40. The molecule has 20 heavy (non-hydrogen) atoms. The smallest absolute Gasteiger partial charge is 0.150 e. The second-order valence-corrected chi connectivity index (χ2v) is 6.42. The minimum absolute atomic E-state index is 0.00717. The molecular formula is C15H21BrF2N2. The number of rotatable bonds is 3. The van der Waals surface area contributed by atoms with Crippen molar-refractivity contribution in [2.75, 3.05) is 18.0 Å². The zero-order valence-corrected chi connectivity index (χ0v) is 13.7. The maximum Gasteiger partial charge on any atom is 0.150 e. The van der Waals surface area contributed by atoms with Gasteiger partial charge in [-0.05, 0) is 41.8 Å². The molecule has 5 heteroatoms. The highest BCUT2D eigenvalue weighted by Crippen LogP contribution is 2.35. The molecule has 0 aliphatic carbocycles. The van der Waals surface area contributed by atoms with Crippen LogP contribution >= 0.6 is 15.9 Å². The lowest BCUT2D eigenvalue weighted by atomic mass is 9.88. The van der Waals surface area contributed by atoms with Crippen LogP contribution in [-0.4, -0.2) is 24.7 Å². The molecule has 2 nitrogen and oxygen atoms in total. The Morgan fingerprint density at radius 2 is 2.00 bits per heavy atom. The fourth-order valence-electron chi connectivity index (χ4n) is 2.84. The van der Waals surface area contributed by atoms with Crippen LogP contribution in [0.15, 0.2) is 16.6 Å². The first-order chi connectivity index (χ1) is 9.42. The summed E-state index contributed by atoms with van der Waals surface area (Å²) in [6.07, 6.45) is 1.96. The summed E-state index contributed by atoms with van der Waals surface area (Å²) in [5.74, 6) is -1.06. The monoisotopic (exact) mass is 346 g/mol. The summed E-state index contributed by atoms with van der Waals surface area (Å²) in [7, 11) is 0. The second kappa shape index (κ2) is 5.98. The Morgan fingerprint density at radius 3 is 2.55 bits per heavy atom. The van der Waals surface area contributed by atoms with Crippen LogP contribution < -0.4 is 10.2 Å². The van der Waals surface area contributed by atoms with E-state index >= 15 is 0 Å². The molecule has 1 aromatic carbocycles. The summed E-state index contributed by atoms with van der Waals surface area (Å²) in [6, 6.07) is 2.44. The Kier molecular flexibility index (Phi) is 4.69. The second-order valence-electron chi connectivity index (χ2n) is 5.56. The molecule has 1 aromatic rings. The van der Waals surface area contributed by atoms with Gasteiger partial charge in [0, 0.05) is 35.2 Å².